The summed E-state index contributed by atoms with van der Waals surface area (Å²) >= 11 is 0. The molecular formula is C12H18N2O2. The van der Waals surface area contributed by atoms with Crippen LogP contribution in [0, 0.1) is 0 Å². The Balaban J connectivity index is 2.05. The fourth-order valence-electron chi connectivity index (χ4n) is 2.06. The Kier molecular flexibility index (Phi) is 3.62. The minimum Gasteiger partial charge on any atom is -0.467 e. The minimum atomic E-state index is 0.0744. The molecule has 0 atom stereocenters. The average Bonchev–Trinajstić information content (AvgIpc) is 2.62. The standard InChI is InChI=1S/C12H18N2O2/c13-8-11-7-10(9-16-11)12(15)14-5-3-1-2-4-6-14/h7,9H,1-6,8,13H2. The van der Waals surface area contributed by atoms with E-state index in [0.717, 1.165) is 25.9 Å². The zero-order valence-corrected chi connectivity index (χ0v) is 9.45. The largest absolute Gasteiger partial charge is 0.467 e. The van der Waals surface area contributed by atoms with Crippen LogP contribution in [0.15, 0.2) is 16.7 Å². The van der Waals surface area contributed by atoms with Crippen LogP contribution >= 0.6 is 0 Å². The second kappa shape index (κ2) is 5.16. The number of carbonyl (C=O) groups is 1. The molecule has 1 saturated heterocycles. The van der Waals surface area contributed by atoms with Crippen molar-refractivity contribution in [1.82, 2.24) is 4.90 Å². The Labute approximate surface area is 95.4 Å². The third-order valence-corrected chi connectivity index (χ3v) is 3.00. The molecule has 0 aliphatic carbocycles. The molecule has 2 heterocycles. The van der Waals surface area contributed by atoms with Gasteiger partial charge < -0.3 is 15.1 Å². The molecule has 0 spiro atoms. The number of amides is 1. The Morgan fingerprint density at radius 1 is 1.31 bits per heavy atom. The van der Waals surface area contributed by atoms with Crippen molar-refractivity contribution < 1.29 is 9.21 Å². The van der Waals surface area contributed by atoms with Gasteiger partial charge in [-0.25, -0.2) is 0 Å². The van der Waals surface area contributed by atoms with E-state index in [1.54, 1.807) is 6.07 Å². The molecule has 1 aromatic rings. The van der Waals surface area contributed by atoms with Gasteiger partial charge in [-0.1, -0.05) is 12.8 Å². The molecule has 1 amide bonds. The summed E-state index contributed by atoms with van der Waals surface area (Å²) in [6.45, 7) is 2.07. The van der Waals surface area contributed by atoms with Crippen molar-refractivity contribution in [3.8, 4) is 0 Å². The zero-order chi connectivity index (χ0) is 11.4. The highest BCUT2D eigenvalue weighted by molar-refractivity contribution is 5.94. The van der Waals surface area contributed by atoms with Crippen LogP contribution in [0.3, 0.4) is 0 Å². The molecule has 1 aliphatic rings. The molecular weight excluding hydrogens is 204 g/mol. The van der Waals surface area contributed by atoms with Gasteiger partial charge >= 0.3 is 0 Å². The predicted molar refractivity (Wildman–Crippen MR) is 61.0 cm³/mol. The normalized spacial score (nSPS) is 17.2. The minimum absolute atomic E-state index is 0.0744. The van der Waals surface area contributed by atoms with E-state index in [-0.39, 0.29) is 5.91 Å². The van der Waals surface area contributed by atoms with Crippen LogP contribution in [-0.2, 0) is 6.54 Å². The first-order valence-electron chi connectivity index (χ1n) is 5.88. The Morgan fingerprint density at radius 2 is 2.00 bits per heavy atom. The molecule has 1 aromatic heterocycles. The number of nitrogens with zero attached hydrogens (tertiary/aromatic N) is 1. The Morgan fingerprint density at radius 3 is 2.56 bits per heavy atom. The molecule has 0 radical (unpaired) electrons. The maximum Gasteiger partial charge on any atom is 0.257 e. The summed E-state index contributed by atoms with van der Waals surface area (Å²) in [7, 11) is 0. The maximum absolute atomic E-state index is 12.1. The number of hydrogen-bond donors (Lipinski definition) is 1. The van der Waals surface area contributed by atoms with Gasteiger partial charge in [0.25, 0.3) is 5.91 Å². The number of hydrogen-bond acceptors (Lipinski definition) is 3. The van der Waals surface area contributed by atoms with Gasteiger partial charge in [-0.05, 0) is 18.9 Å². The quantitative estimate of drug-likeness (QED) is 0.829. The van der Waals surface area contributed by atoms with Gasteiger partial charge in [0.15, 0.2) is 0 Å². The lowest BCUT2D eigenvalue weighted by atomic mass is 10.2. The van der Waals surface area contributed by atoms with Crippen LogP contribution in [0.2, 0.25) is 0 Å². The number of carbonyl (C=O) groups excluding carboxylic acids is 1. The van der Waals surface area contributed by atoms with Crippen molar-refractivity contribution >= 4 is 5.91 Å². The fourth-order valence-corrected chi connectivity index (χ4v) is 2.06. The Bertz CT molecular complexity index is 352. The molecule has 16 heavy (non-hydrogen) atoms. The lowest BCUT2D eigenvalue weighted by molar-refractivity contribution is 0.0761. The van der Waals surface area contributed by atoms with Crippen molar-refractivity contribution in [2.45, 2.75) is 32.2 Å². The van der Waals surface area contributed by atoms with Crippen LogP contribution in [0.4, 0.5) is 0 Å². The van der Waals surface area contributed by atoms with Crippen molar-refractivity contribution in [1.29, 1.82) is 0 Å². The van der Waals surface area contributed by atoms with Gasteiger partial charge in [-0.3, -0.25) is 4.79 Å². The molecule has 88 valence electrons. The van der Waals surface area contributed by atoms with Gasteiger partial charge in [0, 0.05) is 13.1 Å². The summed E-state index contributed by atoms with van der Waals surface area (Å²) in [6.07, 6.45) is 6.17. The summed E-state index contributed by atoms with van der Waals surface area (Å²) in [5.74, 6) is 0.739. The van der Waals surface area contributed by atoms with Crippen molar-refractivity contribution in [3.63, 3.8) is 0 Å². The van der Waals surface area contributed by atoms with E-state index in [2.05, 4.69) is 0 Å². The predicted octanol–water partition coefficient (Wildman–Crippen LogP) is 1.75. The Hall–Kier alpha value is -1.29. The molecule has 1 fully saturated rings. The van der Waals surface area contributed by atoms with Gasteiger partial charge in [0.1, 0.15) is 12.0 Å². The van der Waals surface area contributed by atoms with Crippen LogP contribution in [0.1, 0.15) is 41.8 Å². The summed E-state index contributed by atoms with van der Waals surface area (Å²) in [5.41, 5.74) is 6.08. The lowest BCUT2D eigenvalue weighted by Crippen LogP contribution is -2.31. The van der Waals surface area contributed by atoms with E-state index in [1.807, 2.05) is 4.90 Å². The number of rotatable bonds is 2. The van der Waals surface area contributed by atoms with Crippen LogP contribution in [-0.4, -0.2) is 23.9 Å². The van der Waals surface area contributed by atoms with E-state index >= 15 is 0 Å². The van der Waals surface area contributed by atoms with Crippen molar-refractivity contribution in [2.24, 2.45) is 5.73 Å². The van der Waals surface area contributed by atoms with E-state index in [4.69, 9.17) is 10.2 Å². The topological polar surface area (TPSA) is 59.5 Å². The third-order valence-electron chi connectivity index (χ3n) is 3.00. The molecule has 0 saturated carbocycles. The lowest BCUT2D eigenvalue weighted by Gasteiger charge is -2.19. The summed E-state index contributed by atoms with van der Waals surface area (Å²) in [5, 5.41) is 0. The first-order chi connectivity index (χ1) is 7.81. The average molecular weight is 222 g/mol. The van der Waals surface area contributed by atoms with Crippen LogP contribution < -0.4 is 5.73 Å². The molecule has 0 unspecified atom stereocenters. The third kappa shape index (κ3) is 2.44. The molecule has 1 aliphatic heterocycles. The van der Waals surface area contributed by atoms with E-state index < -0.39 is 0 Å². The highest BCUT2D eigenvalue weighted by atomic mass is 16.3. The van der Waals surface area contributed by atoms with E-state index in [0.29, 0.717) is 17.9 Å². The number of likely N-dealkylation sites (tertiary alicyclic amines) is 1. The molecule has 2 rings (SSSR count). The fraction of sp³-hybridized carbons (Fsp3) is 0.583. The highest BCUT2D eigenvalue weighted by Gasteiger charge is 2.18. The first-order valence-corrected chi connectivity index (χ1v) is 5.88. The number of furan rings is 1. The van der Waals surface area contributed by atoms with Crippen LogP contribution in [0.25, 0.3) is 0 Å². The molecule has 2 N–H and O–H groups in total. The maximum atomic E-state index is 12.1. The number of nitrogens with two attached hydrogens (primary N) is 1. The monoisotopic (exact) mass is 222 g/mol. The van der Waals surface area contributed by atoms with Gasteiger partial charge in [-0.15, -0.1) is 0 Å². The summed E-state index contributed by atoms with van der Waals surface area (Å²) < 4.78 is 5.18. The van der Waals surface area contributed by atoms with E-state index in [1.165, 1.54) is 19.1 Å². The molecule has 0 bridgehead atoms. The van der Waals surface area contributed by atoms with Gasteiger partial charge in [0.2, 0.25) is 0 Å². The molecule has 4 heteroatoms. The molecule has 0 aromatic carbocycles. The second-order valence-electron chi connectivity index (χ2n) is 4.21. The first kappa shape index (κ1) is 11.2. The highest BCUT2D eigenvalue weighted by Crippen LogP contribution is 2.15. The summed E-state index contributed by atoms with van der Waals surface area (Å²) in [6, 6.07) is 1.74. The zero-order valence-electron chi connectivity index (χ0n) is 9.45. The van der Waals surface area contributed by atoms with Crippen molar-refractivity contribution in [3.05, 3.63) is 23.7 Å². The summed E-state index contributed by atoms with van der Waals surface area (Å²) in [4.78, 5) is 14.0. The van der Waals surface area contributed by atoms with E-state index in [9.17, 15) is 4.79 Å². The van der Waals surface area contributed by atoms with Crippen molar-refractivity contribution in [2.75, 3.05) is 13.1 Å². The van der Waals surface area contributed by atoms with Gasteiger partial charge in [-0.2, -0.15) is 0 Å². The molecule has 4 nitrogen and oxygen atoms in total. The second-order valence-corrected chi connectivity index (χ2v) is 4.21. The smallest absolute Gasteiger partial charge is 0.257 e. The van der Waals surface area contributed by atoms with Crippen LogP contribution in [0.5, 0.6) is 0 Å². The van der Waals surface area contributed by atoms with Gasteiger partial charge in [0.05, 0.1) is 12.1 Å². The SMILES string of the molecule is NCc1cc(C(=O)N2CCCCCC2)co1.